The van der Waals surface area contributed by atoms with Gasteiger partial charge in [-0.25, -0.2) is 17.1 Å². The van der Waals surface area contributed by atoms with Crippen LogP contribution >= 0.6 is 0 Å². The zero-order valence-electron chi connectivity index (χ0n) is 13.5. The number of halogens is 1. The van der Waals surface area contributed by atoms with Crippen LogP contribution in [0.3, 0.4) is 0 Å². The van der Waals surface area contributed by atoms with E-state index in [0.717, 1.165) is 0 Å². The molecule has 1 saturated heterocycles. The van der Waals surface area contributed by atoms with Crippen molar-refractivity contribution in [3.05, 3.63) is 35.6 Å². The van der Waals surface area contributed by atoms with Gasteiger partial charge >= 0.3 is 0 Å². The number of carbonyl (C=O) groups excluding carboxylic acids is 1. The van der Waals surface area contributed by atoms with Crippen molar-refractivity contribution in [3.63, 3.8) is 0 Å². The van der Waals surface area contributed by atoms with Gasteiger partial charge in [0.2, 0.25) is 15.9 Å². The lowest BCUT2D eigenvalue weighted by Gasteiger charge is -2.31. The number of rotatable bonds is 5. The Morgan fingerprint density at radius 3 is 2.35 bits per heavy atom. The molecule has 0 aliphatic carbocycles. The summed E-state index contributed by atoms with van der Waals surface area (Å²) in [6, 6.07) is 5.56. The minimum absolute atomic E-state index is 0.00409. The van der Waals surface area contributed by atoms with E-state index in [1.807, 2.05) is 13.8 Å². The topological polar surface area (TPSA) is 66.5 Å². The maximum absolute atomic E-state index is 12.9. The number of nitrogens with zero attached hydrogens (tertiary/aromatic N) is 1. The van der Waals surface area contributed by atoms with E-state index in [9.17, 15) is 17.6 Å². The molecule has 1 aromatic carbocycles. The highest BCUT2D eigenvalue weighted by atomic mass is 32.2. The Morgan fingerprint density at radius 1 is 1.26 bits per heavy atom. The van der Waals surface area contributed by atoms with E-state index >= 15 is 0 Å². The number of amides is 1. The molecule has 1 heterocycles. The third kappa shape index (κ3) is 5.00. The first-order valence-corrected chi connectivity index (χ1v) is 9.41. The summed E-state index contributed by atoms with van der Waals surface area (Å²) in [6.07, 6.45) is 1.06. The smallest absolute Gasteiger partial charge is 0.223 e. The average Bonchev–Trinajstić information content (AvgIpc) is 2.49. The van der Waals surface area contributed by atoms with Crippen LogP contribution in [0.5, 0.6) is 0 Å². The van der Waals surface area contributed by atoms with E-state index in [2.05, 4.69) is 5.32 Å². The molecule has 128 valence electrons. The predicted molar refractivity (Wildman–Crippen MR) is 86.6 cm³/mol. The molecule has 1 N–H and O–H groups in total. The van der Waals surface area contributed by atoms with Crippen LogP contribution in [0.1, 0.15) is 32.3 Å². The first kappa shape index (κ1) is 17.9. The van der Waals surface area contributed by atoms with E-state index in [1.54, 1.807) is 0 Å². The standard InChI is InChI=1S/C16H23FN2O3S/c1-12(2)18-16(20)14-7-9-19(10-8-14)23(21,22)11-13-3-5-15(17)6-4-13/h3-6,12,14H,7-11H2,1-2H3,(H,18,20). The maximum Gasteiger partial charge on any atom is 0.223 e. The lowest BCUT2D eigenvalue weighted by molar-refractivity contribution is -0.126. The van der Waals surface area contributed by atoms with Crippen molar-refractivity contribution in [1.82, 2.24) is 9.62 Å². The van der Waals surface area contributed by atoms with E-state index in [4.69, 9.17) is 0 Å². The third-order valence-corrected chi connectivity index (χ3v) is 5.76. The predicted octanol–water partition coefficient (Wildman–Crippen LogP) is 1.89. The van der Waals surface area contributed by atoms with Crippen molar-refractivity contribution >= 4 is 15.9 Å². The summed E-state index contributed by atoms with van der Waals surface area (Å²) in [6.45, 7) is 4.50. The van der Waals surface area contributed by atoms with Gasteiger partial charge in [0.1, 0.15) is 5.82 Å². The van der Waals surface area contributed by atoms with Gasteiger partial charge in [0.05, 0.1) is 5.75 Å². The second kappa shape index (κ2) is 7.40. The number of nitrogens with one attached hydrogen (secondary N) is 1. The van der Waals surface area contributed by atoms with Gasteiger partial charge in [0.15, 0.2) is 0 Å². The van der Waals surface area contributed by atoms with Crippen LogP contribution in [-0.4, -0.2) is 37.8 Å². The fourth-order valence-corrected chi connectivity index (χ4v) is 4.24. The summed E-state index contributed by atoms with van der Waals surface area (Å²) in [7, 11) is -3.44. The molecule has 0 spiro atoms. The van der Waals surface area contributed by atoms with Crippen molar-refractivity contribution in [2.24, 2.45) is 5.92 Å². The van der Waals surface area contributed by atoms with Crippen molar-refractivity contribution in [2.75, 3.05) is 13.1 Å². The lowest BCUT2D eigenvalue weighted by Crippen LogP contribution is -2.44. The summed E-state index contributed by atoms with van der Waals surface area (Å²) in [5.74, 6) is -0.663. The SMILES string of the molecule is CC(C)NC(=O)C1CCN(S(=O)(=O)Cc2ccc(F)cc2)CC1. The van der Waals surface area contributed by atoms with Crippen LogP contribution in [0.4, 0.5) is 4.39 Å². The number of benzene rings is 1. The highest BCUT2D eigenvalue weighted by Gasteiger charge is 2.31. The Morgan fingerprint density at radius 2 is 1.83 bits per heavy atom. The average molecular weight is 342 g/mol. The second-order valence-corrected chi connectivity index (χ2v) is 8.19. The molecule has 0 radical (unpaired) electrons. The largest absolute Gasteiger partial charge is 0.354 e. The van der Waals surface area contributed by atoms with Crippen molar-refractivity contribution in [2.45, 2.75) is 38.5 Å². The Kier molecular flexibility index (Phi) is 5.75. The molecule has 1 aliphatic heterocycles. The molecular weight excluding hydrogens is 319 g/mol. The van der Waals surface area contributed by atoms with Gasteiger partial charge in [-0.2, -0.15) is 0 Å². The fraction of sp³-hybridized carbons (Fsp3) is 0.562. The summed E-state index contributed by atoms with van der Waals surface area (Å²) in [5.41, 5.74) is 0.561. The zero-order chi connectivity index (χ0) is 17.0. The summed E-state index contributed by atoms with van der Waals surface area (Å²) in [4.78, 5) is 12.0. The minimum Gasteiger partial charge on any atom is -0.354 e. The monoisotopic (exact) mass is 342 g/mol. The molecule has 0 aromatic heterocycles. The number of hydrogen-bond donors (Lipinski definition) is 1. The Balaban J connectivity index is 1.93. The number of carbonyl (C=O) groups is 1. The highest BCUT2D eigenvalue weighted by molar-refractivity contribution is 7.88. The van der Waals surface area contributed by atoms with Gasteiger partial charge in [-0.05, 0) is 44.4 Å². The second-order valence-electron chi connectivity index (χ2n) is 6.22. The van der Waals surface area contributed by atoms with Crippen LogP contribution in [0.15, 0.2) is 24.3 Å². The first-order valence-electron chi connectivity index (χ1n) is 7.80. The molecule has 23 heavy (non-hydrogen) atoms. The molecule has 5 nitrogen and oxygen atoms in total. The maximum atomic E-state index is 12.9. The van der Waals surface area contributed by atoms with Crippen LogP contribution in [0, 0.1) is 11.7 Å². The molecule has 0 saturated carbocycles. The molecular formula is C16H23FN2O3S. The van der Waals surface area contributed by atoms with Crippen LogP contribution in [0.2, 0.25) is 0 Å². The zero-order valence-corrected chi connectivity index (χ0v) is 14.3. The Bertz CT molecular complexity index is 636. The van der Waals surface area contributed by atoms with Crippen molar-refractivity contribution < 1.29 is 17.6 Å². The first-order chi connectivity index (χ1) is 10.8. The normalized spacial score (nSPS) is 17.4. The van der Waals surface area contributed by atoms with E-state index in [-0.39, 0.29) is 29.4 Å². The van der Waals surface area contributed by atoms with Gasteiger partial charge in [-0.3, -0.25) is 4.79 Å². The van der Waals surface area contributed by atoms with Crippen LogP contribution in [0.25, 0.3) is 0 Å². The number of hydrogen-bond acceptors (Lipinski definition) is 3. The van der Waals surface area contributed by atoms with Gasteiger partial charge in [-0.15, -0.1) is 0 Å². The Hall–Kier alpha value is -1.47. The number of sulfonamides is 1. The van der Waals surface area contributed by atoms with Gasteiger partial charge < -0.3 is 5.32 Å². The minimum atomic E-state index is -3.44. The summed E-state index contributed by atoms with van der Waals surface area (Å²) < 4.78 is 39.2. The molecule has 2 rings (SSSR count). The summed E-state index contributed by atoms with van der Waals surface area (Å²) >= 11 is 0. The van der Waals surface area contributed by atoms with E-state index in [0.29, 0.717) is 31.5 Å². The summed E-state index contributed by atoms with van der Waals surface area (Å²) in [5, 5.41) is 2.87. The molecule has 0 bridgehead atoms. The van der Waals surface area contributed by atoms with E-state index < -0.39 is 10.0 Å². The van der Waals surface area contributed by atoms with Crippen LogP contribution < -0.4 is 5.32 Å². The molecule has 1 aliphatic rings. The van der Waals surface area contributed by atoms with Gasteiger partial charge in [-0.1, -0.05) is 12.1 Å². The van der Waals surface area contributed by atoms with Crippen molar-refractivity contribution in [1.29, 1.82) is 0 Å². The van der Waals surface area contributed by atoms with Gasteiger partial charge in [0.25, 0.3) is 0 Å². The molecule has 1 amide bonds. The van der Waals surface area contributed by atoms with Gasteiger partial charge in [0, 0.05) is 25.0 Å². The molecule has 1 aromatic rings. The van der Waals surface area contributed by atoms with E-state index in [1.165, 1.54) is 28.6 Å². The number of piperidine rings is 1. The Labute approximate surface area is 136 Å². The lowest BCUT2D eigenvalue weighted by atomic mass is 9.97. The third-order valence-electron chi connectivity index (χ3n) is 3.91. The molecule has 7 heteroatoms. The molecule has 0 atom stereocenters. The van der Waals surface area contributed by atoms with Crippen LogP contribution in [-0.2, 0) is 20.6 Å². The van der Waals surface area contributed by atoms with Crippen molar-refractivity contribution in [3.8, 4) is 0 Å². The fourth-order valence-electron chi connectivity index (χ4n) is 2.68. The molecule has 0 unspecified atom stereocenters. The highest BCUT2D eigenvalue weighted by Crippen LogP contribution is 2.22. The quantitative estimate of drug-likeness (QED) is 0.889. The molecule has 1 fully saturated rings.